The number of para-hydroxylation sites is 2. The first-order valence-corrected chi connectivity index (χ1v) is 13.6. The summed E-state index contributed by atoms with van der Waals surface area (Å²) in [5.41, 5.74) is 2.55. The number of aryl methyl sites for hydroxylation is 1. The number of benzene rings is 3. The molecule has 0 heterocycles. The molecule has 164 valence electrons. The Labute approximate surface area is 191 Å². The molecule has 0 atom stereocenters. The van der Waals surface area contributed by atoms with Gasteiger partial charge in [0.05, 0.1) is 0 Å². The number of hydrogen-bond donors (Lipinski definition) is 0. The summed E-state index contributed by atoms with van der Waals surface area (Å²) in [5, 5.41) is 0. The van der Waals surface area contributed by atoms with Gasteiger partial charge in [0.25, 0.3) is 0 Å². The van der Waals surface area contributed by atoms with Crippen molar-refractivity contribution in [3.05, 3.63) is 90.0 Å². The Balaban J connectivity index is 1.95. The van der Waals surface area contributed by atoms with E-state index in [0.717, 1.165) is 44.3 Å². The van der Waals surface area contributed by atoms with Crippen LogP contribution in [0.3, 0.4) is 0 Å². The highest BCUT2D eigenvalue weighted by molar-refractivity contribution is 8.08. The molecular formula is C26H31O3PS. The SMILES string of the molecule is CCCCc1cccc(OP(=S)(Oc2ccccc2)Oc2ccccc2)c1CCCC. The largest absolute Gasteiger partial charge is 0.490 e. The normalized spacial score (nSPS) is 11.2. The average Bonchev–Trinajstić information content (AvgIpc) is 2.78. The topological polar surface area (TPSA) is 27.7 Å². The molecule has 3 aromatic carbocycles. The summed E-state index contributed by atoms with van der Waals surface area (Å²) in [6.45, 7) is 1.26. The van der Waals surface area contributed by atoms with Gasteiger partial charge in [0.2, 0.25) is 0 Å². The summed E-state index contributed by atoms with van der Waals surface area (Å²) in [6, 6.07) is 25.2. The molecule has 3 nitrogen and oxygen atoms in total. The van der Waals surface area contributed by atoms with Crippen LogP contribution in [0, 0.1) is 0 Å². The molecule has 3 aromatic rings. The van der Waals surface area contributed by atoms with Crippen molar-refractivity contribution in [1.82, 2.24) is 0 Å². The predicted octanol–water partition coefficient (Wildman–Crippen LogP) is 8.13. The molecule has 0 aliphatic carbocycles. The zero-order valence-electron chi connectivity index (χ0n) is 18.3. The molecule has 0 aliphatic rings. The van der Waals surface area contributed by atoms with Gasteiger partial charge < -0.3 is 13.6 Å². The molecule has 0 saturated carbocycles. The van der Waals surface area contributed by atoms with Crippen LogP contribution in [0.2, 0.25) is 0 Å². The van der Waals surface area contributed by atoms with E-state index in [1.54, 1.807) is 0 Å². The lowest BCUT2D eigenvalue weighted by Gasteiger charge is -2.25. The Kier molecular flexibility index (Phi) is 8.99. The zero-order chi connectivity index (χ0) is 21.9. The molecule has 3 rings (SSSR count). The molecular weight excluding hydrogens is 423 g/mol. The molecule has 31 heavy (non-hydrogen) atoms. The maximum absolute atomic E-state index is 6.44. The third-order valence-corrected chi connectivity index (χ3v) is 6.90. The van der Waals surface area contributed by atoms with Crippen LogP contribution in [0.25, 0.3) is 0 Å². The molecule has 0 fully saturated rings. The lowest BCUT2D eigenvalue weighted by atomic mass is 9.97. The standard InChI is InChI=1S/C26H31O3PS/c1-3-5-14-22-15-13-21-26(25(22)20-6-4-2)29-30(31,27-23-16-9-7-10-17-23)28-24-18-11-8-12-19-24/h7-13,15-19,21H,3-6,14,20H2,1-2H3. The van der Waals surface area contributed by atoms with Crippen LogP contribution in [0.1, 0.15) is 50.7 Å². The molecule has 0 radical (unpaired) electrons. The summed E-state index contributed by atoms with van der Waals surface area (Å²) in [6.07, 6.45) is 6.52. The van der Waals surface area contributed by atoms with Crippen molar-refractivity contribution in [3.63, 3.8) is 0 Å². The van der Waals surface area contributed by atoms with Crippen LogP contribution in [0.15, 0.2) is 78.9 Å². The lowest BCUT2D eigenvalue weighted by molar-refractivity contribution is 0.382. The van der Waals surface area contributed by atoms with Crippen molar-refractivity contribution in [2.24, 2.45) is 0 Å². The van der Waals surface area contributed by atoms with Gasteiger partial charge in [-0.05, 0) is 67.1 Å². The molecule has 0 spiro atoms. The van der Waals surface area contributed by atoms with Crippen LogP contribution in [0.5, 0.6) is 17.2 Å². The first-order valence-electron chi connectivity index (χ1n) is 11.0. The van der Waals surface area contributed by atoms with Crippen molar-refractivity contribution in [2.45, 2.75) is 52.4 Å². The minimum absolute atomic E-state index is 0.638. The minimum Gasteiger partial charge on any atom is -0.407 e. The van der Waals surface area contributed by atoms with E-state index in [1.807, 2.05) is 72.8 Å². The highest BCUT2D eigenvalue weighted by atomic mass is 32.5. The van der Waals surface area contributed by atoms with E-state index in [1.165, 1.54) is 11.1 Å². The van der Waals surface area contributed by atoms with Gasteiger partial charge in [0.1, 0.15) is 17.2 Å². The Morgan fingerprint density at radius 3 is 1.74 bits per heavy atom. The average molecular weight is 455 g/mol. The Bertz CT molecular complexity index is 931. The minimum atomic E-state index is -3.16. The fourth-order valence-electron chi connectivity index (χ4n) is 3.33. The van der Waals surface area contributed by atoms with E-state index in [2.05, 4.69) is 19.9 Å². The van der Waals surface area contributed by atoms with E-state index in [0.29, 0.717) is 11.5 Å². The van der Waals surface area contributed by atoms with E-state index in [4.69, 9.17) is 25.4 Å². The molecule has 0 unspecified atom stereocenters. The van der Waals surface area contributed by atoms with Crippen LogP contribution in [-0.2, 0) is 24.6 Å². The van der Waals surface area contributed by atoms with E-state index in [-0.39, 0.29) is 0 Å². The van der Waals surface area contributed by atoms with Crippen LogP contribution < -0.4 is 13.6 Å². The molecule has 0 aliphatic heterocycles. The third kappa shape index (κ3) is 7.12. The fourth-order valence-corrected chi connectivity index (χ4v) is 5.37. The lowest BCUT2D eigenvalue weighted by Crippen LogP contribution is -2.09. The Morgan fingerprint density at radius 1 is 0.645 bits per heavy atom. The van der Waals surface area contributed by atoms with E-state index < -0.39 is 6.72 Å². The predicted molar refractivity (Wildman–Crippen MR) is 133 cm³/mol. The van der Waals surface area contributed by atoms with Crippen LogP contribution in [0.4, 0.5) is 0 Å². The van der Waals surface area contributed by atoms with Crippen molar-refractivity contribution in [2.75, 3.05) is 0 Å². The van der Waals surface area contributed by atoms with Gasteiger partial charge in [-0.1, -0.05) is 75.2 Å². The van der Waals surface area contributed by atoms with E-state index >= 15 is 0 Å². The van der Waals surface area contributed by atoms with Crippen molar-refractivity contribution in [3.8, 4) is 17.2 Å². The Morgan fingerprint density at radius 2 is 1.19 bits per heavy atom. The molecule has 0 aromatic heterocycles. The second-order valence-electron chi connectivity index (χ2n) is 7.45. The highest BCUT2D eigenvalue weighted by Gasteiger charge is 2.28. The second-order valence-corrected chi connectivity index (χ2v) is 10.2. The highest BCUT2D eigenvalue weighted by Crippen LogP contribution is 2.51. The maximum atomic E-state index is 6.44. The van der Waals surface area contributed by atoms with Crippen LogP contribution in [-0.4, -0.2) is 0 Å². The van der Waals surface area contributed by atoms with Crippen LogP contribution >= 0.6 is 6.72 Å². The summed E-state index contributed by atoms with van der Waals surface area (Å²) in [5.74, 6) is 2.05. The summed E-state index contributed by atoms with van der Waals surface area (Å²) < 4.78 is 18.8. The summed E-state index contributed by atoms with van der Waals surface area (Å²) in [4.78, 5) is 0. The number of unbranched alkanes of at least 4 members (excludes halogenated alkanes) is 2. The first-order chi connectivity index (χ1) is 15.1. The first kappa shape index (κ1) is 23.4. The zero-order valence-corrected chi connectivity index (χ0v) is 20.0. The molecule has 0 bridgehead atoms. The van der Waals surface area contributed by atoms with Gasteiger partial charge in [0, 0.05) is 11.8 Å². The molecule has 5 heteroatoms. The summed E-state index contributed by atoms with van der Waals surface area (Å²) in [7, 11) is 0. The Hall–Kier alpha value is -2.29. The quantitative estimate of drug-likeness (QED) is 0.258. The van der Waals surface area contributed by atoms with Crippen molar-refractivity contribution >= 4 is 18.5 Å². The smallest absolute Gasteiger partial charge is 0.407 e. The third-order valence-electron chi connectivity index (χ3n) is 4.94. The molecule has 0 N–H and O–H groups in total. The van der Waals surface area contributed by atoms with Crippen molar-refractivity contribution in [1.29, 1.82) is 0 Å². The van der Waals surface area contributed by atoms with Gasteiger partial charge in [-0.3, -0.25) is 0 Å². The van der Waals surface area contributed by atoms with Gasteiger partial charge >= 0.3 is 6.72 Å². The molecule has 0 amide bonds. The monoisotopic (exact) mass is 454 g/mol. The van der Waals surface area contributed by atoms with E-state index in [9.17, 15) is 0 Å². The summed E-state index contributed by atoms with van der Waals surface area (Å²) >= 11 is 5.90. The van der Waals surface area contributed by atoms with Gasteiger partial charge in [-0.25, -0.2) is 0 Å². The van der Waals surface area contributed by atoms with Gasteiger partial charge in [-0.2, -0.15) is 0 Å². The number of rotatable bonds is 12. The maximum Gasteiger partial charge on any atom is 0.490 e. The fraction of sp³-hybridized carbons (Fsp3) is 0.308. The van der Waals surface area contributed by atoms with Gasteiger partial charge in [-0.15, -0.1) is 0 Å². The van der Waals surface area contributed by atoms with Crippen molar-refractivity contribution < 1.29 is 13.6 Å². The second kappa shape index (κ2) is 11.9. The van der Waals surface area contributed by atoms with Gasteiger partial charge in [0.15, 0.2) is 0 Å². The molecule has 0 saturated heterocycles. The number of hydrogen-bond acceptors (Lipinski definition) is 4.